The van der Waals surface area contributed by atoms with Gasteiger partial charge in [0.15, 0.2) is 0 Å². The third kappa shape index (κ3) is 2.07. The van der Waals surface area contributed by atoms with Crippen molar-refractivity contribution in [3.05, 3.63) is 36.0 Å². The predicted molar refractivity (Wildman–Crippen MR) is 80.0 cm³/mol. The molecule has 5 heteroatoms. The van der Waals surface area contributed by atoms with Crippen molar-refractivity contribution in [1.29, 1.82) is 0 Å². The lowest BCUT2D eigenvalue weighted by Crippen LogP contribution is -2.44. The third-order valence-electron chi connectivity index (χ3n) is 4.34. The molecule has 0 saturated carbocycles. The Morgan fingerprint density at radius 3 is 3.05 bits per heavy atom. The van der Waals surface area contributed by atoms with Crippen molar-refractivity contribution in [2.75, 3.05) is 0 Å². The maximum Gasteiger partial charge on any atom is 0.325 e. The fourth-order valence-corrected chi connectivity index (χ4v) is 4.05. The summed E-state index contributed by atoms with van der Waals surface area (Å²) < 4.78 is 1.65. The predicted octanol–water partition coefficient (Wildman–Crippen LogP) is 2.67. The lowest BCUT2D eigenvalue weighted by Gasteiger charge is -2.21. The highest BCUT2D eigenvalue weighted by Gasteiger charge is 2.39. The molecule has 2 saturated heterocycles. The van der Waals surface area contributed by atoms with E-state index in [4.69, 9.17) is 0 Å². The summed E-state index contributed by atoms with van der Waals surface area (Å²) in [6, 6.07) is 7.43. The van der Waals surface area contributed by atoms with E-state index in [9.17, 15) is 4.79 Å². The summed E-state index contributed by atoms with van der Waals surface area (Å²) in [6.07, 6.45) is 7.24. The van der Waals surface area contributed by atoms with E-state index in [1.54, 1.807) is 15.9 Å². The molecule has 4 rings (SSSR count). The van der Waals surface area contributed by atoms with Gasteiger partial charge in [-0.25, -0.2) is 4.79 Å². The third-order valence-corrected chi connectivity index (χ3v) is 5.26. The Kier molecular flexibility index (Phi) is 2.89. The molecule has 0 aliphatic carbocycles. The molecule has 2 aliphatic rings. The molecule has 20 heavy (non-hydrogen) atoms. The molecule has 3 atom stereocenters. The summed E-state index contributed by atoms with van der Waals surface area (Å²) >= 11 is 1.69. The summed E-state index contributed by atoms with van der Waals surface area (Å²) in [5, 5.41) is 8.74. The molecule has 2 aromatic heterocycles. The van der Waals surface area contributed by atoms with Gasteiger partial charge in [-0.2, -0.15) is 0 Å². The zero-order valence-electron chi connectivity index (χ0n) is 11.1. The van der Waals surface area contributed by atoms with Gasteiger partial charge in [0.05, 0.1) is 0 Å². The number of fused-ring (bicyclic) bond motifs is 2. The Labute approximate surface area is 121 Å². The van der Waals surface area contributed by atoms with Gasteiger partial charge in [-0.05, 0) is 36.8 Å². The molecular formula is C15H17N3OS. The summed E-state index contributed by atoms with van der Waals surface area (Å²) in [7, 11) is 0. The number of aromatic nitrogens is 1. The Morgan fingerprint density at radius 1 is 1.40 bits per heavy atom. The van der Waals surface area contributed by atoms with E-state index in [2.05, 4.69) is 16.7 Å². The molecule has 0 spiro atoms. The Bertz CT molecular complexity index is 619. The first-order chi connectivity index (χ1) is 9.79. The van der Waals surface area contributed by atoms with Crippen LogP contribution in [0, 0.1) is 0 Å². The summed E-state index contributed by atoms with van der Waals surface area (Å²) in [6.45, 7) is 0. The second kappa shape index (κ2) is 4.75. The van der Waals surface area contributed by atoms with Crippen molar-refractivity contribution in [3.8, 4) is 10.4 Å². The summed E-state index contributed by atoms with van der Waals surface area (Å²) in [5.74, 6) is 0. The number of amides is 1. The maximum absolute atomic E-state index is 12.3. The fraction of sp³-hybridized carbons (Fsp3) is 0.400. The maximum atomic E-state index is 12.3. The van der Waals surface area contributed by atoms with Gasteiger partial charge in [-0.15, -0.1) is 11.3 Å². The second-order valence-corrected chi connectivity index (χ2v) is 6.57. The number of hydrogen-bond donors (Lipinski definition) is 2. The number of rotatable bonds is 2. The van der Waals surface area contributed by atoms with Crippen LogP contribution in [0.15, 0.2) is 36.0 Å². The topological polar surface area (TPSA) is 46.1 Å². The molecule has 2 aromatic rings. The van der Waals surface area contributed by atoms with Gasteiger partial charge in [0.1, 0.15) is 0 Å². The monoisotopic (exact) mass is 287 g/mol. The molecule has 2 bridgehead atoms. The van der Waals surface area contributed by atoms with Crippen molar-refractivity contribution in [3.63, 3.8) is 0 Å². The van der Waals surface area contributed by atoms with Crippen LogP contribution in [0.1, 0.15) is 19.3 Å². The average Bonchev–Trinajstić information content (AvgIpc) is 3.21. The van der Waals surface area contributed by atoms with Crippen molar-refractivity contribution in [1.82, 2.24) is 15.2 Å². The molecule has 2 aliphatic heterocycles. The van der Waals surface area contributed by atoms with Crippen LogP contribution < -0.4 is 10.6 Å². The molecule has 2 fully saturated rings. The van der Waals surface area contributed by atoms with Crippen LogP contribution in [0.25, 0.3) is 10.4 Å². The van der Waals surface area contributed by atoms with E-state index >= 15 is 0 Å². The SMILES string of the molecule is O=C(NC1CC2CCC1N2)n1ccc(-c2cccs2)c1. The molecule has 4 nitrogen and oxygen atoms in total. The second-order valence-electron chi connectivity index (χ2n) is 5.62. The zero-order chi connectivity index (χ0) is 13.5. The Hall–Kier alpha value is -1.59. The Morgan fingerprint density at radius 2 is 2.35 bits per heavy atom. The molecular weight excluding hydrogens is 270 g/mol. The number of carbonyl (C=O) groups is 1. The van der Waals surface area contributed by atoms with E-state index < -0.39 is 0 Å². The lowest BCUT2D eigenvalue weighted by atomic mass is 9.96. The van der Waals surface area contributed by atoms with Gasteiger partial charge in [0.2, 0.25) is 0 Å². The van der Waals surface area contributed by atoms with E-state index in [0.29, 0.717) is 12.1 Å². The van der Waals surface area contributed by atoms with Gasteiger partial charge in [-0.3, -0.25) is 4.57 Å². The molecule has 2 N–H and O–H groups in total. The molecule has 3 unspecified atom stereocenters. The van der Waals surface area contributed by atoms with E-state index in [-0.39, 0.29) is 12.1 Å². The van der Waals surface area contributed by atoms with Crippen LogP contribution >= 0.6 is 11.3 Å². The van der Waals surface area contributed by atoms with Crippen molar-refractivity contribution in [2.24, 2.45) is 0 Å². The summed E-state index contributed by atoms with van der Waals surface area (Å²) in [4.78, 5) is 13.5. The van der Waals surface area contributed by atoms with Crippen LogP contribution in [0.3, 0.4) is 0 Å². The minimum atomic E-state index is -0.0212. The normalized spacial score (nSPS) is 27.9. The quantitative estimate of drug-likeness (QED) is 0.892. The highest BCUT2D eigenvalue weighted by atomic mass is 32.1. The van der Waals surface area contributed by atoms with Gasteiger partial charge >= 0.3 is 6.03 Å². The number of thiophene rings is 1. The van der Waals surface area contributed by atoms with Crippen molar-refractivity contribution >= 4 is 17.4 Å². The lowest BCUT2D eigenvalue weighted by molar-refractivity contribution is 0.236. The van der Waals surface area contributed by atoms with Crippen molar-refractivity contribution < 1.29 is 4.79 Å². The molecule has 0 aromatic carbocycles. The van der Waals surface area contributed by atoms with Crippen LogP contribution in [-0.2, 0) is 0 Å². The van der Waals surface area contributed by atoms with E-state index in [1.807, 2.05) is 29.9 Å². The number of carbonyl (C=O) groups excluding carboxylic acids is 1. The first-order valence-electron chi connectivity index (χ1n) is 7.08. The smallest absolute Gasteiger partial charge is 0.325 e. The van der Waals surface area contributed by atoms with Crippen molar-refractivity contribution in [2.45, 2.75) is 37.4 Å². The fourth-order valence-electron chi connectivity index (χ4n) is 3.33. The summed E-state index contributed by atoms with van der Waals surface area (Å²) in [5.41, 5.74) is 1.10. The van der Waals surface area contributed by atoms with Crippen LogP contribution in [0.5, 0.6) is 0 Å². The van der Waals surface area contributed by atoms with E-state index in [0.717, 1.165) is 12.0 Å². The van der Waals surface area contributed by atoms with Crippen LogP contribution in [0.4, 0.5) is 4.79 Å². The highest BCUT2D eigenvalue weighted by molar-refractivity contribution is 7.13. The van der Waals surface area contributed by atoms with Gasteiger partial charge in [-0.1, -0.05) is 6.07 Å². The zero-order valence-corrected chi connectivity index (χ0v) is 11.9. The van der Waals surface area contributed by atoms with E-state index in [1.165, 1.54) is 17.7 Å². The molecule has 1 amide bonds. The molecule has 0 radical (unpaired) electrons. The van der Waals surface area contributed by atoms with Gasteiger partial charge in [0.25, 0.3) is 0 Å². The number of nitrogens with one attached hydrogen (secondary N) is 2. The van der Waals surface area contributed by atoms with Crippen LogP contribution in [-0.4, -0.2) is 28.7 Å². The molecule has 104 valence electrons. The minimum absolute atomic E-state index is 0.0212. The van der Waals surface area contributed by atoms with Gasteiger partial charge < -0.3 is 10.6 Å². The Balaban J connectivity index is 1.46. The largest absolute Gasteiger partial charge is 0.333 e. The highest BCUT2D eigenvalue weighted by Crippen LogP contribution is 2.28. The standard InChI is InChI=1S/C15H17N3OS/c19-15(17-13-8-11-3-4-12(13)16-11)18-6-5-10(9-18)14-2-1-7-20-14/h1-2,5-7,9,11-13,16H,3-4,8H2,(H,17,19). The van der Waals surface area contributed by atoms with Crippen LogP contribution in [0.2, 0.25) is 0 Å². The first kappa shape index (κ1) is 12.2. The minimum Gasteiger partial charge on any atom is -0.333 e. The number of nitrogens with zero attached hydrogens (tertiary/aromatic N) is 1. The molecule has 4 heterocycles. The van der Waals surface area contributed by atoms with Gasteiger partial charge in [0, 0.05) is 41.0 Å². The first-order valence-corrected chi connectivity index (χ1v) is 7.96. The number of hydrogen-bond acceptors (Lipinski definition) is 3. The average molecular weight is 287 g/mol.